The molecule has 0 radical (unpaired) electrons. The molecular formula is C22H20ClNO5S2. The monoisotopic (exact) mass is 477 g/mol. The number of aliphatic carboxylic acids is 1. The van der Waals surface area contributed by atoms with Gasteiger partial charge in [-0.2, -0.15) is 4.72 Å². The van der Waals surface area contributed by atoms with Crippen LogP contribution in [0, 0.1) is 0 Å². The summed E-state index contributed by atoms with van der Waals surface area (Å²) in [6, 6.07) is 17.4. The van der Waals surface area contributed by atoms with Crippen molar-refractivity contribution in [2.75, 3.05) is 7.11 Å². The molecule has 162 valence electrons. The van der Waals surface area contributed by atoms with E-state index in [-0.39, 0.29) is 10.6 Å². The van der Waals surface area contributed by atoms with Gasteiger partial charge in [0.25, 0.3) is 10.0 Å². The van der Waals surface area contributed by atoms with E-state index in [0.717, 1.165) is 22.5 Å². The lowest BCUT2D eigenvalue weighted by molar-refractivity contribution is -0.140. The molecule has 0 amide bonds. The van der Waals surface area contributed by atoms with Crippen LogP contribution in [0.2, 0.25) is 5.02 Å². The summed E-state index contributed by atoms with van der Waals surface area (Å²) in [6.45, 7) is 1.76. The van der Waals surface area contributed by atoms with E-state index in [4.69, 9.17) is 16.3 Å². The second kappa shape index (κ2) is 7.63. The number of sulfonamides is 1. The Bertz CT molecular complexity index is 1260. The summed E-state index contributed by atoms with van der Waals surface area (Å²) in [7, 11) is -2.54. The van der Waals surface area contributed by atoms with Crippen molar-refractivity contribution in [3.05, 3.63) is 71.2 Å². The van der Waals surface area contributed by atoms with Gasteiger partial charge in [0.1, 0.15) is 15.5 Å². The Balaban J connectivity index is 1.64. The Morgan fingerprint density at radius 2 is 1.87 bits per heavy atom. The van der Waals surface area contributed by atoms with Crippen molar-refractivity contribution >= 4 is 38.9 Å². The topological polar surface area (TPSA) is 92.7 Å². The first-order valence-electron chi connectivity index (χ1n) is 9.40. The number of halogens is 1. The zero-order valence-corrected chi connectivity index (χ0v) is 19.1. The van der Waals surface area contributed by atoms with Gasteiger partial charge in [-0.05, 0) is 47.9 Å². The molecule has 0 saturated heterocycles. The molecule has 1 aliphatic rings. The van der Waals surface area contributed by atoms with Crippen LogP contribution in [-0.4, -0.2) is 32.1 Å². The van der Waals surface area contributed by atoms with Gasteiger partial charge >= 0.3 is 5.97 Å². The highest BCUT2D eigenvalue weighted by Gasteiger charge is 2.72. The maximum absolute atomic E-state index is 13.1. The number of nitrogens with one attached hydrogen (secondary N) is 1. The number of rotatable bonds is 7. The SMILES string of the molecule is COc1ccc(-c2ccc(S(=O)(=O)N[C@@]3(C(=O)O)C[C@]3(C)c3ccccc3)s2)cc1Cl. The van der Waals surface area contributed by atoms with Crippen LogP contribution in [0.5, 0.6) is 5.75 Å². The number of methoxy groups -OCH3 is 1. The first-order chi connectivity index (χ1) is 14.6. The van der Waals surface area contributed by atoms with Crippen LogP contribution in [0.3, 0.4) is 0 Å². The minimum atomic E-state index is -4.06. The highest BCUT2D eigenvalue weighted by molar-refractivity contribution is 7.91. The quantitative estimate of drug-likeness (QED) is 0.521. The molecule has 6 nitrogen and oxygen atoms in total. The number of hydrogen-bond acceptors (Lipinski definition) is 5. The van der Waals surface area contributed by atoms with Crippen molar-refractivity contribution < 1.29 is 23.1 Å². The molecule has 1 aliphatic carbocycles. The number of carboxylic acid groups (broad SMARTS) is 1. The van der Waals surface area contributed by atoms with Crippen molar-refractivity contribution in [3.8, 4) is 16.2 Å². The summed E-state index contributed by atoms with van der Waals surface area (Å²) in [5, 5.41) is 10.3. The first-order valence-corrected chi connectivity index (χ1v) is 12.1. The van der Waals surface area contributed by atoms with Gasteiger partial charge in [0.05, 0.1) is 12.1 Å². The van der Waals surface area contributed by atoms with Crippen molar-refractivity contribution in [1.29, 1.82) is 0 Å². The fourth-order valence-electron chi connectivity index (χ4n) is 3.86. The summed E-state index contributed by atoms with van der Waals surface area (Å²) in [5.74, 6) is -0.671. The highest BCUT2D eigenvalue weighted by Crippen LogP contribution is 2.58. The minimum absolute atomic E-state index is 0.0392. The van der Waals surface area contributed by atoms with E-state index >= 15 is 0 Å². The molecule has 0 aliphatic heterocycles. The lowest BCUT2D eigenvalue weighted by atomic mass is 9.93. The number of thiophene rings is 1. The average molecular weight is 478 g/mol. The third-order valence-electron chi connectivity index (χ3n) is 5.80. The highest BCUT2D eigenvalue weighted by atomic mass is 35.5. The van der Waals surface area contributed by atoms with Gasteiger partial charge < -0.3 is 9.84 Å². The second-order valence-electron chi connectivity index (χ2n) is 7.66. The van der Waals surface area contributed by atoms with Gasteiger partial charge in [-0.25, -0.2) is 8.42 Å². The molecule has 0 bridgehead atoms. The van der Waals surface area contributed by atoms with Crippen LogP contribution in [0.1, 0.15) is 18.9 Å². The number of ether oxygens (including phenoxy) is 1. The molecule has 1 heterocycles. The maximum Gasteiger partial charge on any atom is 0.325 e. The Labute approximate surface area is 189 Å². The van der Waals surface area contributed by atoms with E-state index in [1.54, 1.807) is 31.2 Å². The van der Waals surface area contributed by atoms with Crippen molar-refractivity contribution in [1.82, 2.24) is 4.72 Å². The van der Waals surface area contributed by atoms with Gasteiger partial charge in [0.2, 0.25) is 0 Å². The van der Waals surface area contributed by atoms with Crippen molar-refractivity contribution in [2.45, 2.75) is 28.5 Å². The molecule has 4 rings (SSSR count). The Kier molecular flexibility index (Phi) is 5.37. The van der Waals surface area contributed by atoms with Gasteiger partial charge in [-0.1, -0.05) is 48.9 Å². The van der Waals surface area contributed by atoms with Crippen LogP contribution >= 0.6 is 22.9 Å². The minimum Gasteiger partial charge on any atom is -0.495 e. The van der Waals surface area contributed by atoms with E-state index in [1.165, 1.54) is 13.2 Å². The smallest absolute Gasteiger partial charge is 0.325 e. The molecule has 2 aromatic carbocycles. The number of hydrogen-bond donors (Lipinski definition) is 2. The molecule has 31 heavy (non-hydrogen) atoms. The van der Waals surface area contributed by atoms with Crippen LogP contribution in [0.15, 0.2) is 64.9 Å². The van der Waals surface area contributed by atoms with Gasteiger partial charge in [-0.15, -0.1) is 11.3 Å². The molecule has 2 N–H and O–H groups in total. The largest absolute Gasteiger partial charge is 0.495 e. The third kappa shape index (κ3) is 3.63. The Hall–Kier alpha value is -2.39. The fraction of sp³-hybridized carbons (Fsp3) is 0.227. The molecule has 0 spiro atoms. The van der Waals surface area contributed by atoms with Gasteiger partial charge in [0, 0.05) is 10.3 Å². The van der Waals surface area contributed by atoms with Crippen LogP contribution in [-0.2, 0) is 20.2 Å². The Morgan fingerprint density at radius 1 is 1.16 bits per heavy atom. The van der Waals surface area contributed by atoms with Crippen LogP contribution in [0.25, 0.3) is 10.4 Å². The fourth-order valence-corrected chi connectivity index (χ4v) is 6.88. The van der Waals surface area contributed by atoms with E-state index < -0.39 is 26.9 Å². The first kappa shape index (κ1) is 21.8. The summed E-state index contributed by atoms with van der Waals surface area (Å²) in [4.78, 5) is 12.8. The summed E-state index contributed by atoms with van der Waals surface area (Å²) in [6.07, 6.45) is 0.172. The predicted octanol–water partition coefficient (Wildman–Crippen LogP) is 4.54. The zero-order valence-electron chi connectivity index (χ0n) is 16.8. The van der Waals surface area contributed by atoms with Crippen molar-refractivity contribution in [2.24, 2.45) is 0 Å². The summed E-state index contributed by atoms with van der Waals surface area (Å²) >= 11 is 7.23. The van der Waals surface area contributed by atoms with Crippen molar-refractivity contribution in [3.63, 3.8) is 0 Å². The predicted molar refractivity (Wildman–Crippen MR) is 120 cm³/mol. The number of carbonyl (C=O) groups is 1. The van der Waals surface area contributed by atoms with E-state index in [0.29, 0.717) is 15.6 Å². The number of carboxylic acids is 1. The average Bonchev–Trinajstić information content (AvgIpc) is 3.11. The molecule has 2 atom stereocenters. The standard InChI is InChI=1S/C22H20ClNO5S2/c1-21(15-6-4-3-5-7-15)13-22(21,20(25)26)24-31(27,28)19-11-10-18(30-19)14-8-9-17(29-2)16(23)12-14/h3-12,24H,13H2,1-2H3,(H,25,26)/t21-,22-/m1/s1. The second-order valence-corrected chi connectivity index (χ2v) is 11.1. The van der Waals surface area contributed by atoms with Gasteiger partial charge in [-0.3, -0.25) is 4.79 Å². The van der Waals surface area contributed by atoms with E-state index in [2.05, 4.69) is 4.72 Å². The van der Waals surface area contributed by atoms with E-state index in [9.17, 15) is 18.3 Å². The normalized spacial score (nSPS) is 22.8. The van der Waals surface area contributed by atoms with Crippen LogP contribution < -0.4 is 9.46 Å². The van der Waals surface area contributed by atoms with Crippen LogP contribution in [0.4, 0.5) is 0 Å². The molecule has 1 saturated carbocycles. The molecule has 3 aromatic rings. The molecule has 1 aromatic heterocycles. The molecular weight excluding hydrogens is 458 g/mol. The zero-order chi connectivity index (χ0) is 22.4. The summed E-state index contributed by atoms with van der Waals surface area (Å²) < 4.78 is 33.9. The molecule has 0 unspecified atom stereocenters. The lowest BCUT2D eigenvalue weighted by Gasteiger charge is -2.20. The number of benzene rings is 2. The Morgan fingerprint density at radius 3 is 2.48 bits per heavy atom. The third-order valence-corrected chi connectivity index (χ3v) is 9.22. The lowest BCUT2D eigenvalue weighted by Crippen LogP contribution is -2.47. The molecule has 9 heteroatoms. The van der Waals surface area contributed by atoms with E-state index in [1.807, 2.05) is 30.3 Å². The molecule has 1 fully saturated rings. The summed E-state index contributed by atoms with van der Waals surface area (Å²) in [5.41, 5.74) is -0.914. The van der Waals surface area contributed by atoms with Gasteiger partial charge in [0.15, 0.2) is 0 Å². The maximum atomic E-state index is 13.1.